The minimum Gasteiger partial charge on any atom is -0.399 e. The third-order valence-electron chi connectivity index (χ3n) is 2.35. The molecule has 1 aromatic carbocycles. The fourth-order valence-electron chi connectivity index (χ4n) is 1.62. The Hall–Kier alpha value is -0.980. The molecule has 0 aromatic heterocycles. The van der Waals surface area contributed by atoms with Crippen LogP contribution in [-0.2, 0) is 4.79 Å². The van der Waals surface area contributed by atoms with E-state index in [1.54, 1.807) is 0 Å². The first kappa shape index (κ1) is 10.5. The molecule has 4 nitrogen and oxygen atoms in total. The Morgan fingerprint density at radius 2 is 2.27 bits per heavy atom. The first-order valence-corrected chi connectivity index (χ1v) is 5.81. The van der Waals surface area contributed by atoms with Crippen LogP contribution in [0.25, 0.3) is 0 Å². The van der Waals surface area contributed by atoms with Gasteiger partial charge in [0.1, 0.15) is 0 Å². The molecule has 15 heavy (non-hydrogen) atoms. The topological polar surface area (TPSA) is 58.4 Å². The van der Waals surface area contributed by atoms with Gasteiger partial charge < -0.3 is 16.0 Å². The van der Waals surface area contributed by atoms with Gasteiger partial charge in [-0.15, -0.1) is 0 Å². The number of hydrogen-bond acceptors (Lipinski definition) is 3. The highest BCUT2D eigenvalue weighted by Crippen LogP contribution is 2.24. The van der Waals surface area contributed by atoms with E-state index in [1.807, 2.05) is 18.2 Å². The molecule has 1 aliphatic rings. The van der Waals surface area contributed by atoms with E-state index in [2.05, 4.69) is 32.8 Å². The summed E-state index contributed by atoms with van der Waals surface area (Å²) in [7, 11) is 0. The zero-order valence-corrected chi connectivity index (χ0v) is 10.3. The summed E-state index contributed by atoms with van der Waals surface area (Å²) in [4.78, 5) is 13.3. The van der Waals surface area contributed by atoms with Crippen molar-refractivity contribution in [2.75, 3.05) is 30.3 Å². The summed E-state index contributed by atoms with van der Waals surface area (Å²) in [5.41, 5.74) is 7.52. The lowest BCUT2D eigenvalue weighted by molar-refractivity contribution is -0.120. The van der Waals surface area contributed by atoms with Gasteiger partial charge in [0.15, 0.2) is 0 Å². The van der Waals surface area contributed by atoms with Gasteiger partial charge in [-0.25, -0.2) is 0 Å². The van der Waals surface area contributed by atoms with E-state index in [0.717, 1.165) is 21.5 Å². The number of carbonyl (C=O) groups excluding carboxylic acids is 1. The largest absolute Gasteiger partial charge is 0.399 e. The van der Waals surface area contributed by atoms with Crippen molar-refractivity contribution < 1.29 is 4.79 Å². The molecule has 0 unspecified atom stereocenters. The summed E-state index contributed by atoms with van der Waals surface area (Å²) in [6, 6.07) is 5.75. The normalized spacial score (nSPS) is 16.3. The highest BCUT2D eigenvalue weighted by atomic mass is 127. The van der Waals surface area contributed by atoms with Crippen molar-refractivity contribution in [2.45, 2.75) is 0 Å². The Bertz CT molecular complexity index is 394. The molecule has 0 bridgehead atoms. The number of piperazine rings is 1. The lowest BCUT2D eigenvalue weighted by atomic mass is 10.2. The average molecular weight is 317 g/mol. The third kappa shape index (κ3) is 2.34. The molecular weight excluding hydrogens is 305 g/mol. The molecule has 80 valence electrons. The number of hydrogen-bond donors (Lipinski definition) is 2. The summed E-state index contributed by atoms with van der Waals surface area (Å²) >= 11 is 2.24. The maximum absolute atomic E-state index is 11.2. The molecule has 1 aromatic rings. The monoisotopic (exact) mass is 317 g/mol. The first-order valence-electron chi connectivity index (χ1n) is 4.73. The molecule has 0 aliphatic carbocycles. The van der Waals surface area contributed by atoms with Crippen LogP contribution in [0.1, 0.15) is 0 Å². The van der Waals surface area contributed by atoms with Gasteiger partial charge in [-0.1, -0.05) is 0 Å². The van der Waals surface area contributed by atoms with E-state index in [9.17, 15) is 4.79 Å². The first-order chi connectivity index (χ1) is 7.16. The standard InChI is InChI=1S/C10H12IN3O/c11-8-5-7(12)1-2-9(8)14-4-3-13-10(15)6-14/h1-2,5H,3-4,6,12H2,(H,13,15). The van der Waals surface area contributed by atoms with Gasteiger partial charge >= 0.3 is 0 Å². The highest BCUT2D eigenvalue weighted by Gasteiger charge is 2.17. The summed E-state index contributed by atoms with van der Waals surface area (Å²) in [5.74, 6) is 0.0777. The number of benzene rings is 1. The summed E-state index contributed by atoms with van der Waals surface area (Å²) < 4.78 is 1.09. The molecule has 1 fully saturated rings. The number of anilines is 2. The number of amides is 1. The molecule has 1 aliphatic heterocycles. The van der Waals surface area contributed by atoms with Crippen molar-refractivity contribution in [2.24, 2.45) is 0 Å². The van der Waals surface area contributed by atoms with Crippen LogP contribution in [0.4, 0.5) is 11.4 Å². The second kappa shape index (κ2) is 4.26. The maximum atomic E-state index is 11.2. The number of nitrogens with two attached hydrogens (primary N) is 1. The zero-order chi connectivity index (χ0) is 10.8. The van der Waals surface area contributed by atoms with Gasteiger partial charge in [-0.2, -0.15) is 0 Å². The van der Waals surface area contributed by atoms with Gasteiger partial charge in [0.2, 0.25) is 5.91 Å². The van der Waals surface area contributed by atoms with Crippen molar-refractivity contribution in [3.05, 3.63) is 21.8 Å². The quantitative estimate of drug-likeness (QED) is 0.595. The van der Waals surface area contributed by atoms with Gasteiger partial charge in [0, 0.05) is 22.3 Å². The number of nitrogens with zero attached hydrogens (tertiary/aromatic N) is 1. The second-order valence-electron chi connectivity index (χ2n) is 3.48. The van der Waals surface area contributed by atoms with E-state index in [-0.39, 0.29) is 5.91 Å². The Kier molecular flexibility index (Phi) is 2.99. The highest BCUT2D eigenvalue weighted by molar-refractivity contribution is 14.1. The predicted octanol–water partition coefficient (Wildman–Crippen LogP) is 0.810. The fourth-order valence-corrected chi connectivity index (χ4v) is 2.50. The van der Waals surface area contributed by atoms with Crippen LogP contribution in [0.3, 0.4) is 0 Å². The van der Waals surface area contributed by atoms with E-state index in [0.29, 0.717) is 13.1 Å². The smallest absolute Gasteiger partial charge is 0.239 e. The van der Waals surface area contributed by atoms with Gasteiger partial charge in [0.05, 0.1) is 12.2 Å². The summed E-state index contributed by atoms with van der Waals surface area (Å²) in [6.07, 6.45) is 0. The Morgan fingerprint density at radius 1 is 1.47 bits per heavy atom. The summed E-state index contributed by atoms with van der Waals surface area (Å²) in [5, 5.41) is 2.80. The van der Waals surface area contributed by atoms with Crippen molar-refractivity contribution in [1.82, 2.24) is 5.32 Å². The molecule has 5 heteroatoms. The average Bonchev–Trinajstić information content (AvgIpc) is 2.17. The van der Waals surface area contributed by atoms with Gasteiger partial charge in [-0.3, -0.25) is 4.79 Å². The van der Waals surface area contributed by atoms with Crippen LogP contribution in [0, 0.1) is 3.57 Å². The number of carbonyl (C=O) groups is 1. The van der Waals surface area contributed by atoms with Crippen LogP contribution in [0.5, 0.6) is 0 Å². The Morgan fingerprint density at radius 3 is 2.93 bits per heavy atom. The molecule has 0 spiro atoms. The van der Waals surface area contributed by atoms with E-state index >= 15 is 0 Å². The Labute approximate surface area is 102 Å². The van der Waals surface area contributed by atoms with Crippen LogP contribution < -0.4 is 16.0 Å². The molecule has 0 radical (unpaired) electrons. The minimum atomic E-state index is 0.0777. The molecule has 1 heterocycles. The lowest BCUT2D eigenvalue weighted by Gasteiger charge is -2.29. The molecule has 1 amide bonds. The van der Waals surface area contributed by atoms with Crippen molar-refractivity contribution >= 4 is 39.9 Å². The number of rotatable bonds is 1. The molecule has 3 N–H and O–H groups in total. The molecule has 0 saturated carbocycles. The van der Waals surface area contributed by atoms with Crippen LogP contribution in [0.2, 0.25) is 0 Å². The van der Waals surface area contributed by atoms with E-state index in [1.165, 1.54) is 0 Å². The van der Waals surface area contributed by atoms with Crippen molar-refractivity contribution in [3.8, 4) is 0 Å². The van der Waals surface area contributed by atoms with Crippen LogP contribution in [0.15, 0.2) is 18.2 Å². The van der Waals surface area contributed by atoms with Gasteiger partial charge in [0.25, 0.3) is 0 Å². The number of nitrogens with one attached hydrogen (secondary N) is 1. The fraction of sp³-hybridized carbons (Fsp3) is 0.300. The Balaban J connectivity index is 2.24. The van der Waals surface area contributed by atoms with Crippen molar-refractivity contribution in [1.29, 1.82) is 0 Å². The second-order valence-corrected chi connectivity index (χ2v) is 4.64. The molecule has 0 atom stereocenters. The van der Waals surface area contributed by atoms with Gasteiger partial charge in [-0.05, 0) is 40.8 Å². The maximum Gasteiger partial charge on any atom is 0.239 e. The predicted molar refractivity (Wildman–Crippen MR) is 68.8 cm³/mol. The number of halogens is 1. The summed E-state index contributed by atoms with van der Waals surface area (Å²) in [6.45, 7) is 1.99. The number of nitrogen functional groups attached to an aromatic ring is 1. The third-order valence-corrected chi connectivity index (χ3v) is 3.21. The molecule has 1 saturated heterocycles. The zero-order valence-electron chi connectivity index (χ0n) is 8.16. The minimum absolute atomic E-state index is 0.0777. The van der Waals surface area contributed by atoms with E-state index in [4.69, 9.17) is 5.73 Å². The van der Waals surface area contributed by atoms with E-state index < -0.39 is 0 Å². The van der Waals surface area contributed by atoms with Crippen LogP contribution in [-0.4, -0.2) is 25.5 Å². The lowest BCUT2D eigenvalue weighted by Crippen LogP contribution is -2.47. The van der Waals surface area contributed by atoms with Crippen LogP contribution >= 0.6 is 22.6 Å². The molecule has 2 rings (SSSR count). The SMILES string of the molecule is Nc1ccc(N2CCNC(=O)C2)c(I)c1. The molecular formula is C10H12IN3O. The van der Waals surface area contributed by atoms with Crippen molar-refractivity contribution in [3.63, 3.8) is 0 Å².